The number of benzene rings is 1. The highest BCUT2D eigenvalue weighted by atomic mass is 16.5. The fourth-order valence-electron chi connectivity index (χ4n) is 5.41. The molecule has 1 aliphatic rings. The second-order valence-electron chi connectivity index (χ2n) is 10.3. The van der Waals surface area contributed by atoms with Crippen LogP contribution in [0, 0.1) is 0 Å². The van der Waals surface area contributed by atoms with E-state index < -0.39 is 0 Å². The Kier molecular flexibility index (Phi) is 6.85. The minimum atomic E-state index is -0.223. The zero-order chi connectivity index (χ0) is 30.2. The minimum absolute atomic E-state index is 0.00156. The summed E-state index contributed by atoms with van der Waals surface area (Å²) in [4.78, 5) is 46.3. The zero-order valence-electron chi connectivity index (χ0n) is 24.2. The summed E-state index contributed by atoms with van der Waals surface area (Å²) in [7, 11) is 0. The van der Waals surface area contributed by atoms with E-state index in [0.717, 1.165) is 23.3 Å². The topological polar surface area (TPSA) is 125 Å². The van der Waals surface area contributed by atoms with E-state index in [1.54, 1.807) is 26.7 Å². The number of fused-ring (bicyclic) bond motifs is 3. The molecular formula is C32H29N9O3. The molecule has 5 aromatic heterocycles. The van der Waals surface area contributed by atoms with E-state index in [2.05, 4.69) is 20.3 Å². The average Bonchev–Trinajstić information content (AvgIpc) is 3.59. The van der Waals surface area contributed by atoms with Crippen molar-refractivity contribution in [3.05, 3.63) is 95.8 Å². The molecule has 0 spiro atoms. The van der Waals surface area contributed by atoms with Gasteiger partial charge in [0.25, 0.3) is 11.5 Å². The normalized spacial score (nSPS) is 13.1. The summed E-state index contributed by atoms with van der Waals surface area (Å²) in [5, 5.41) is 4.53. The van der Waals surface area contributed by atoms with Crippen molar-refractivity contribution in [3.63, 3.8) is 0 Å². The fraction of sp³-hybridized carbons (Fsp3) is 0.188. The highest BCUT2D eigenvalue weighted by Crippen LogP contribution is 2.35. The summed E-state index contributed by atoms with van der Waals surface area (Å²) in [6.07, 6.45) is 11.5. The van der Waals surface area contributed by atoms with E-state index in [-0.39, 0.29) is 18.1 Å². The molecule has 0 aliphatic carbocycles. The Bertz CT molecular complexity index is 2110. The molecule has 0 atom stereocenters. The van der Waals surface area contributed by atoms with E-state index in [9.17, 15) is 9.59 Å². The summed E-state index contributed by atoms with van der Waals surface area (Å²) >= 11 is 0. The van der Waals surface area contributed by atoms with Crippen LogP contribution in [0.2, 0.25) is 0 Å². The van der Waals surface area contributed by atoms with Gasteiger partial charge in [0.1, 0.15) is 22.6 Å². The van der Waals surface area contributed by atoms with Gasteiger partial charge in [0.15, 0.2) is 12.3 Å². The molecule has 1 aliphatic heterocycles. The van der Waals surface area contributed by atoms with Crippen molar-refractivity contribution in [1.82, 2.24) is 33.9 Å². The summed E-state index contributed by atoms with van der Waals surface area (Å²) < 4.78 is 11.0. The Morgan fingerprint density at radius 3 is 2.75 bits per heavy atom. The predicted octanol–water partition coefficient (Wildman–Crippen LogP) is 4.77. The summed E-state index contributed by atoms with van der Waals surface area (Å²) in [5.41, 5.74) is 3.00. The Labute approximate surface area is 251 Å². The number of ether oxygens (including phenoxy) is 1. The van der Waals surface area contributed by atoms with Crippen molar-refractivity contribution in [2.45, 2.75) is 26.8 Å². The van der Waals surface area contributed by atoms with Crippen LogP contribution in [0.5, 0.6) is 5.75 Å². The first kappa shape index (κ1) is 27.1. The molecule has 12 nitrogen and oxygen atoms in total. The molecule has 1 amide bonds. The number of aromatic nitrogens is 7. The number of nitrogens with one attached hydrogen (secondary N) is 1. The van der Waals surface area contributed by atoms with Crippen LogP contribution >= 0.6 is 0 Å². The number of allylic oxidation sites excluding steroid dienone is 2. The Morgan fingerprint density at radius 1 is 1.02 bits per heavy atom. The van der Waals surface area contributed by atoms with Gasteiger partial charge in [0.05, 0.1) is 29.8 Å². The maximum absolute atomic E-state index is 13.6. The molecule has 0 bridgehead atoms. The Hall–Kier alpha value is -5.78. The van der Waals surface area contributed by atoms with Crippen LogP contribution in [0.3, 0.4) is 0 Å². The van der Waals surface area contributed by atoms with E-state index in [0.29, 0.717) is 52.9 Å². The number of nitrogens with zero attached hydrogens (tertiary/aromatic N) is 8. The summed E-state index contributed by atoms with van der Waals surface area (Å²) in [5.74, 6) is 1.61. The molecular weight excluding hydrogens is 558 g/mol. The van der Waals surface area contributed by atoms with Crippen LogP contribution in [0.1, 0.15) is 20.3 Å². The molecule has 6 heterocycles. The second kappa shape index (κ2) is 11.1. The summed E-state index contributed by atoms with van der Waals surface area (Å²) in [6, 6.07) is 15.2. The number of hydrogen-bond acceptors (Lipinski definition) is 8. The zero-order valence-corrected chi connectivity index (χ0v) is 24.2. The van der Waals surface area contributed by atoms with Crippen molar-refractivity contribution in [2.75, 3.05) is 23.4 Å². The molecule has 0 radical (unpaired) electrons. The fourth-order valence-corrected chi connectivity index (χ4v) is 5.41. The molecule has 44 heavy (non-hydrogen) atoms. The van der Waals surface area contributed by atoms with Crippen molar-refractivity contribution in [1.29, 1.82) is 0 Å². The third kappa shape index (κ3) is 4.66. The first-order valence-corrected chi connectivity index (χ1v) is 14.4. The van der Waals surface area contributed by atoms with Gasteiger partial charge in [0.2, 0.25) is 5.95 Å². The number of anilines is 3. The van der Waals surface area contributed by atoms with Gasteiger partial charge < -0.3 is 15.0 Å². The number of rotatable bonds is 8. The predicted molar refractivity (Wildman–Crippen MR) is 168 cm³/mol. The van der Waals surface area contributed by atoms with Gasteiger partial charge in [-0.3, -0.25) is 14.2 Å². The maximum Gasteiger partial charge on any atom is 0.278 e. The van der Waals surface area contributed by atoms with Crippen molar-refractivity contribution in [3.8, 4) is 17.3 Å². The van der Waals surface area contributed by atoms with Crippen LogP contribution in [-0.4, -0.2) is 52.9 Å². The van der Waals surface area contributed by atoms with E-state index in [4.69, 9.17) is 9.72 Å². The summed E-state index contributed by atoms with van der Waals surface area (Å²) in [6.45, 7) is 4.82. The molecule has 0 unspecified atom stereocenters. The largest absolute Gasteiger partial charge is 0.482 e. The lowest BCUT2D eigenvalue weighted by atomic mass is 10.2. The number of hydrogen-bond donors (Lipinski definition) is 1. The SMILES string of the molecule is C/C=C\Cn1c(=O)c2cnc(Nc3cnc4c(ccn4-c4ccccn4)c3)nc2n1-c1ccc2c(c1)N(CCC)C(=O)CO2. The van der Waals surface area contributed by atoms with Gasteiger partial charge in [-0.1, -0.05) is 25.1 Å². The van der Waals surface area contributed by atoms with Gasteiger partial charge in [-0.05, 0) is 55.8 Å². The van der Waals surface area contributed by atoms with E-state index in [1.165, 1.54) is 6.20 Å². The van der Waals surface area contributed by atoms with Crippen molar-refractivity contribution >= 4 is 45.3 Å². The molecule has 12 heteroatoms. The van der Waals surface area contributed by atoms with Crippen LogP contribution in [0.15, 0.2) is 90.3 Å². The standard InChI is InChI=1S/C32H29N9O3/c1-3-5-14-40-31(43)24-19-35-32(36-22-16-21-11-15-39(29(21)34-18-22)27-8-6-7-12-33-27)37-30(24)41(40)23-9-10-26-25(17-23)38(13-4-2)28(42)20-44-26/h3,5-12,15-19H,4,13-14,20H2,1-2H3,(H,35,36,37)/b5-3-. The molecule has 1 N–H and O–H groups in total. The smallest absolute Gasteiger partial charge is 0.278 e. The maximum atomic E-state index is 13.6. The van der Waals surface area contributed by atoms with Crippen LogP contribution in [0.4, 0.5) is 17.3 Å². The first-order valence-electron chi connectivity index (χ1n) is 14.4. The number of carbonyl (C=O) groups is 1. The van der Waals surface area contributed by atoms with Crippen molar-refractivity contribution < 1.29 is 9.53 Å². The molecule has 6 aromatic rings. The minimum Gasteiger partial charge on any atom is -0.482 e. The lowest BCUT2D eigenvalue weighted by molar-refractivity contribution is -0.121. The molecule has 7 rings (SSSR count). The van der Waals surface area contributed by atoms with Crippen LogP contribution < -0.4 is 20.5 Å². The Morgan fingerprint density at radius 2 is 1.93 bits per heavy atom. The third-order valence-corrected chi connectivity index (χ3v) is 7.45. The monoisotopic (exact) mass is 587 g/mol. The molecule has 1 aromatic carbocycles. The van der Waals surface area contributed by atoms with Gasteiger partial charge in [0, 0.05) is 30.5 Å². The molecule has 0 saturated heterocycles. The van der Waals surface area contributed by atoms with Gasteiger partial charge >= 0.3 is 0 Å². The Balaban J connectivity index is 1.30. The number of carbonyl (C=O) groups excluding carboxylic acids is 1. The van der Waals surface area contributed by atoms with Crippen molar-refractivity contribution in [2.24, 2.45) is 0 Å². The number of pyridine rings is 2. The molecule has 220 valence electrons. The van der Waals surface area contributed by atoms with Gasteiger partial charge in [-0.15, -0.1) is 0 Å². The highest BCUT2D eigenvalue weighted by molar-refractivity contribution is 5.98. The second-order valence-corrected chi connectivity index (χ2v) is 10.3. The van der Waals surface area contributed by atoms with Gasteiger partial charge in [-0.2, -0.15) is 4.98 Å². The first-order chi connectivity index (χ1) is 21.6. The van der Waals surface area contributed by atoms with E-state index in [1.807, 2.05) is 85.3 Å². The lowest BCUT2D eigenvalue weighted by Crippen LogP contribution is -2.39. The van der Waals surface area contributed by atoms with Crippen LogP contribution in [0.25, 0.3) is 33.6 Å². The molecule has 0 saturated carbocycles. The lowest BCUT2D eigenvalue weighted by Gasteiger charge is -2.29. The van der Waals surface area contributed by atoms with Crippen LogP contribution in [-0.2, 0) is 11.3 Å². The quantitative estimate of drug-likeness (QED) is 0.253. The molecule has 0 fully saturated rings. The highest BCUT2D eigenvalue weighted by Gasteiger charge is 2.26. The third-order valence-electron chi connectivity index (χ3n) is 7.45. The van der Waals surface area contributed by atoms with E-state index >= 15 is 0 Å². The number of amides is 1. The van der Waals surface area contributed by atoms with Gasteiger partial charge in [-0.25, -0.2) is 24.3 Å². The average molecular weight is 588 g/mol.